The van der Waals surface area contributed by atoms with Gasteiger partial charge in [0.1, 0.15) is 11.4 Å². The summed E-state index contributed by atoms with van der Waals surface area (Å²) >= 11 is 0. The normalized spacial score (nSPS) is 20.3. The van der Waals surface area contributed by atoms with Gasteiger partial charge in [-0.25, -0.2) is 0 Å². The highest BCUT2D eigenvalue weighted by molar-refractivity contribution is 6.02. The summed E-state index contributed by atoms with van der Waals surface area (Å²) in [7, 11) is 0. The molecule has 2 aromatic carbocycles. The Morgan fingerprint density at radius 2 is 1.81 bits per heavy atom. The van der Waals surface area contributed by atoms with Gasteiger partial charge in [-0.05, 0) is 56.5 Å². The predicted octanol–water partition coefficient (Wildman–Crippen LogP) is 5.01. The van der Waals surface area contributed by atoms with E-state index in [1.54, 1.807) is 0 Å². The first-order valence-electron chi connectivity index (χ1n) is 9.46. The molecular formula is C22H28N2O2. The molecule has 1 N–H and O–H groups in total. The second kappa shape index (κ2) is 7.40. The zero-order chi connectivity index (χ0) is 18.7. The summed E-state index contributed by atoms with van der Waals surface area (Å²) in [6.45, 7) is 9.04. The van der Waals surface area contributed by atoms with Crippen LogP contribution in [-0.2, 0) is 5.66 Å². The van der Waals surface area contributed by atoms with E-state index in [1.165, 1.54) is 0 Å². The first kappa shape index (κ1) is 18.3. The monoisotopic (exact) mass is 352 g/mol. The second-order valence-electron chi connectivity index (χ2n) is 7.06. The molecule has 1 heterocycles. The molecule has 0 saturated carbocycles. The van der Waals surface area contributed by atoms with Crippen molar-refractivity contribution in [3.63, 3.8) is 0 Å². The molecule has 1 aliphatic rings. The largest absolute Gasteiger partial charge is 0.491 e. The maximum Gasteiger partial charge on any atom is 0.258 e. The molecule has 1 amide bonds. The van der Waals surface area contributed by atoms with Crippen molar-refractivity contribution in [2.45, 2.75) is 52.3 Å². The Kier molecular flexibility index (Phi) is 5.21. The van der Waals surface area contributed by atoms with Crippen LogP contribution in [-0.4, -0.2) is 23.5 Å². The number of benzene rings is 2. The summed E-state index contributed by atoms with van der Waals surface area (Å²) in [4.78, 5) is 15.0. The third-order valence-corrected chi connectivity index (χ3v) is 5.10. The van der Waals surface area contributed by atoms with Gasteiger partial charge in [0.05, 0.1) is 11.7 Å². The molecule has 0 aliphatic carbocycles. The number of hydrogen-bond acceptors (Lipinski definition) is 3. The minimum atomic E-state index is -0.587. The number of amides is 1. The highest BCUT2D eigenvalue weighted by atomic mass is 16.5. The topological polar surface area (TPSA) is 41.6 Å². The first-order valence-corrected chi connectivity index (χ1v) is 9.46. The SMILES string of the molecule is CCCN1C(=O)c2ccccc2NC1(C)c1ccc(OC(C)CC)cc1. The van der Waals surface area contributed by atoms with E-state index in [9.17, 15) is 4.79 Å². The van der Waals surface area contributed by atoms with Gasteiger partial charge in [-0.1, -0.05) is 38.1 Å². The molecule has 2 atom stereocenters. The van der Waals surface area contributed by atoms with Crippen molar-refractivity contribution in [1.29, 1.82) is 0 Å². The minimum absolute atomic E-state index is 0.0728. The van der Waals surface area contributed by atoms with E-state index in [0.29, 0.717) is 6.54 Å². The maximum absolute atomic E-state index is 13.1. The Morgan fingerprint density at radius 1 is 1.12 bits per heavy atom. The number of nitrogens with one attached hydrogen (secondary N) is 1. The van der Waals surface area contributed by atoms with E-state index in [2.05, 4.69) is 45.1 Å². The average molecular weight is 352 g/mol. The van der Waals surface area contributed by atoms with Crippen molar-refractivity contribution in [3.05, 3.63) is 59.7 Å². The van der Waals surface area contributed by atoms with Crippen LogP contribution < -0.4 is 10.1 Å². The molecule has 4 heteroatoms. The summed E-state index contributed by atoms with van der Waals surface area (Å²) in [5.74, 6) is 0.930. The Morgan fingerprint density at radius 3 is 2.46 bits per heavy atom. The third kappa shape index (κ3) is 3.28. The van der Waals surface area contributed by atoms with Crippen LogP contribution in [0.1, 0.15) is 56.5 Å². The van der Waals surface area contributed by atoms with Crippen molar-refractivity contribution in [2.24, 2.45) is 0 Å². The predicted molar refractivity (Wildman–Crippen MR) is 106 cm³/mol. The first-order chi connectivity index (χ1) is 12.5. The zero-order valence-electron chi connectivity index (χ0n) is 16.1. The lowest BCUT2D eigenvalue weighted by molar-refractivity contribution is 0.0535. The van der Waals surface area contributed by atoms with Crippen LogP contribution in [0.15, 0.2) is 48.5 Å². The quantitative estimate of drug-likeness (QED) is 0.794. The summed E-state index contributed by atoms with van der Waals surface area (Å²) in [5, 5.41) is 3.59. The van der Waals surface area contributed by atoms with E-state index in [0.717, 1.165) is 35.4 Å². The molecule has 3 rings (SSSR count). The minimum Gasteiger partial charge on any atom is -0.491 e. The van der Waals surface area contributed by atoms with Crippen molar-refractivity contribution < 1.29 is 9.53 Å². The van der Waals surface area contributed by atoms with Crippen molar-refractivity contribution >= 4 is 11.6 Å². The highest BCUT2D eigenvalue weighted by Gasteiger charge is 2.41. The van der Waals surface area contributed by atoms with Gasteiger partial charge in [0.2, 0.25) is 0 Å². The van der Waals surface area contributed by atoms with Gasteiger partial charge in [-0.2, -0.15) is 0 Å². The Balaban J connectivity index is 1.96. The average Bonchev–Trinajstić information content (AvgIpc) is 2.65. The van der Waals surface area contributed by atoms with Gasteiger partial charge in [0.25, 0.3) is 5.91 Å². The second-order valence-corrected chi connectivity index (χ2v) is 7.06. The van der Waals surface area contributed by atoms with Gasteiger partial charge in [0, 0.05) is 12.2 Å². The molecule has 2 unspecified atom stereocenters. The van der Waals surface area contributed by atoms with Gasteiger partial charge in [-0.3, -0.25) is 4.79 Å². The molecule has 26 heavy (non-hydrogen) atoms. The lowest BCUT2D eigenvalue weighted by Crippen LogP contribution is -2.56. The fourth-order valence-electron chi connectivity index (χ4n) is 3.41. The Hall–Kier alpha value is -2.49. The summed E-state index contributed by atoms with van der Waals surface area (Å²) < 4.78 is 5.89. The fraction of sp³-hybridized carbons (Fsp3) is 0.409. The molecule has 138 valence electrons. The van der Waals surface area contributed by atoms with Crippen LogP contribution >= 0.6 is 0 Å². The summed E-state index contributed by atoms with van der Waals surface area (Å²) in [6, 6.07) is 15.8. The Bertz CT molecular complexity index is 772. The third-order valence-electron chi connectivity index (χ3n) is 5.10. The van der Waals surface area contributed by atoms with Gasteiger partial charge < -0.3 is 15.0 Å². The van der Waals surface area contributed by atoms with E-state index < -0.39 is 5.66 Å². The molecule has 0 fully saturated rings. The number of carbonyl (C=O) groups is 1. The van der Waals surface area contributed by atoms with Crippen molar-refractivity contribution in [2.75, 3.05) is 11.9 Å². The fourth-order valence-corrected chi connectivity index (χ4v) is 3.41. The van der Waals surface area contributed by atoms with Crippen molar-refractivity contribution in [1.82, 2.24) is 4.90 Å². The standard InChI is InChI=1S/C22H28N2O2/c1-5-15-24-21(25)19-9-7-8-10-20(19)23-22(24,4)17-11-13-18(14-12-17)26-16(3)6-2/h7-14,16,23H,5-6,15H2,1-4H3. The molecule has 0 saturated heterocycles. The molecule has 0 radical (unpaired) electrons. The molecule has 0 bridgehead atoms. The molecular weight excluding hydrogens is 324 g/mol. The molecule has 0 aromatic heterocycles. The van der Waals surface area contributed by atoms with Gasteiger partial charge >= 0.3 is 0 Å². The number of anilines is 1. The smallest absolute Gasteiger partial charge is 0.258 e. The number of rotatable bonds is 6. The number of para-hydroxylation sites is 1. The molecule has 4 nitrogen and oxygen atoms in total. The number of hydrogen-bond donors (Lipinski definition) is 1. The molecule has 0 spiro atoms. The summed E-state index contributed by atoms with van der Waals surface area (Å²) in [5.41, 5.74) is 2.07. The lowest BCUT2D eigenvalue weighted by Gasteiger charge is -2.46. The van der Waals surface area contributed by atoms with E-state index in [4.69, 9.17) is 4.74 Å². The number of fused-ring (bicyclic) bond motifs is 1. The highest BCUT2D eigenvalue weighted by Crippen LogP contribution is 2.38. The number of carbonyl (C=O) groups excluding carboxylic acids is 1. The number of ether oxygens (including phenoxy) is 1. The van der Waals surface area contributed by atoms with Crippen LogP contribution in [0.3, 0.4) is 0 Å². The Labute approximate surface area is 156 Å². The van der Waals surface area contributed by atoms with E-state index in [-0.39, 0.29) is 12.0 Å². The van der Waals surface area contributed by atoms with E-state index in [1.807, 2.05) is 41.3 Å². The molecule has 1 aliphatic heterocycles. The van der Waals surface area contributed by atoms with Gasteiger partial charge in [0.15, 0.2) is 0 Å². The van der Waals surface area contributed by atoms with E-state index >= 15 is 0 Å². The lowest BCUT2D eigenvalue weighted by atomic mass is 9.93. The summed E-state index contributed by atoms with van der Waals surface area (Å²) in [6.07, 6.45) is 2.06. The number of nitrogens with zero attached hydrogens (tertiary/aromatic N) is 1. The maximum atomic E-state index is 13.1. The van der Waals surface area contributed by atoms with Crippen LogP contribution in [0.2, 0.25) is 0 Å². The zero-order valence-corrected chi connectivity index (χ0v) is 16.1. The van der Waals surface area contributed by atoms with Crippen LogP contribution in [0.4, 0.5) is 5.69 Å². The van der Waals surface area contributed by atoms with Crippen LogP contribution in [0, 0.1) is 0 Å². The molecule has 2 aromatic rings. The van der Waals surface area contributed by atoms with Crippen LogP contribution in [0.25, 0.3) is 0 Å². The van der Waals surface area contributed by atoms with Crippen molar-refractivity contribution in [3.8, 4) is 5.75 Å². The van der Waals surface area contributed by atoms with Crippen LogP contribution in [0.5, 0.6) is 5.75 Å². The van der Waals surface area contributed by atoms with Gasteiger partial charge in [-0.15, -0.1) is 0 Å².